The number of benzene rings is 5. The van der Waals surface area contributed by atoms with E-state index < -0.39 is 35.5 Å². The van der Waals surface area contributed by atoms with Gasteiger partial charge in [-0.05, 0) is 46.5 Å². The number of nitrogens with zero attached hydrogens (tertiary/aromatic N) is 1. The lowest BCUT2D eigenvalue weighted by Crippen LogP contribution is -2.51. The number of esters is 1. The number of para-hydroxylation sites is 2. The maximum Gasteiger partial charge on any atom is 0.314 e. The Morgan fingerprint density at radius 1 is 0.792 bits per heavy atom. The highest BCUT2D eigenvalue weighted by molar-refractivity contribution is 6.15. The van der Waals surface area contributed by atoms with Crippen LogP contribution in [0.2, 0.25) is 0 Å². The first kappa shape index (κ1) is 29.5. The van der Waals surface area contributed by atoms with Crippen LogP contribution in [0.1, 0.15) is 38.7 Å². The van der Waals surface area contributed by atoms with E-state index >= 15 is 9.59 Å². The van der Waals surface area contributed by atoms with E-state index in [9.17, 15) is 4.79 Å². The number of fused-ring (bicyclic) bond motifs is 6. The van der Waals surface area contributed by atoms with Crippen molar-refractivity contribution >= 4 is 35.1 Å². The van der Waals surface area contributed by atoms with Crippen LogP contribution >= 0.6 is 0 Å². The van der Waals surface area contributed by atoms with Crippen LogP contribution in [0.25, 0.3) is 6.08 Å². The van der Waals surface area contributed by atoms with Gasteiger partial charge in [-0.15, -0.1) is 0 Å². The third-order valence-corrected chi connectivity index (χ3v) is 9.86. The Morgan fingerprint density at radius 2 is 1.46 bits per heavy atom. The first-order valence-corrected chi connectivity index (χ1v) is 16.0. The lowest BCUT2D eigenvalue weighted by Gasteiger charge is -2.37. The summed E-state index contributed by atoms with van der Waals surface area (Å²) in [5, 5.41) is 3.07. The summed E-state index contributed by atoms with van der Waals surface area (Å²) < 4.78 is 12.0. The van der Waals surface area contributed by atoms with Gasteiger partial charge in [0, 0.05) is 16.9 Å². The molecule has 1 fully saturated rings. The summed E-state index contributed by atoms with van der Waals surface area (Å²) in [6, 6.07) is 39.4. The monoisotopic (exact) mass is 632 g/mol. The molecule has 3 aliphatic rings. The SMILES string of the molecule is COc1cccc(C(=O)[C@@H]2[C@H](C(=O)OC(c3ccccc3)c3ccccc3)[C@]3(C(=O)Nc4ccccc43)[C@H]3C=Cc4ccccc4N23)c1. The van der Waals surface area contributed by atoms with Crippen molar-refractivity contribution in [1.82, 2.24) is 0 Å². The lowest BCUT2D eigenvalue weighted by atomic mass is 9.66. The number of anilines is 2. The number of rotatable bonds is 7. The van der Waals surface area contributed by atoms with Gasteiger partial charge in [-0.1, -0.05) is 121 Å². The number of amides is 1. The smallest absolute Gasteiger partial charge is 0.314 e. The van der Waals surface area contributed by atoms with E-state index in [-0.39, 0.29) is 11.7 Å². The van der Waals surface area contributed by atoms with Crippen molar-refractivity contribution in [1.29, 1.82) is 0 Å². The van der Waals surface area contributed by atoms with Crippen LogP contribution in [0.15, 0.2) is 140 Å². The van der Waals surface area contributed by atoms with Crippen molar-refractivity contribution in [3.8, 4) is 5.75 Å². The van der Waals surface area contributed by atoms with Gasteiger partial charge < -0.3 is 19.7 Å². The standard InChI is InChI=1S/C41H32N2O5/c1-47-30-19-12-18-29(25-30)37(44)36-35(39(45)48-38(27-14-4-2-5-15-27)28-16-6-3-7-17-28)41(31-20-9-10-21-32(31)42-40(41)46)34-24-23-26-13-8-11-22-33(26)43(34)36/h2-25,34-36,38H,1H3,(H,42,46)/t34-,35-,36+,41-/m1/s1. The zero-order valence-corrected chi connectivity index (χ0v) is 26.2. The largest absolute Gasteiger partial charge is 0.497 e. The van der Waals surface area contributed by atoms with Gasteiger partial charge in [0.15, 0.2) is 11.9 Å². The normalized spacial score (nSPS) is 21.8. The number of methoxy groups -OCH3 is 1. The van der Waals surface area contributed by atoms with E-state index in [0.717, 1.165) is 22.4 Å². The predicted molar refractivity (Wildman–Crippen MR) is 184 cm³/mol. The molecule has 3 aliphatic heterocycles. The molecule has 8 rings (SSSR count). The van der Waals surface area contributed by atoms with Gasteiger partial charge in [0.05, 0.1) is 13.2 Å². The second-order valence-electron chi connectivity index (χ2n) is 12.3. The van der Waals surface area contributed by atoms with Crippen molar-refractivity contribution in [2.24, 2.45) is 5.92 Å². The number of ketones is 1. The Hall–Kier alpha value is -5.95. The topological polar surface area (TPSA) is 84.9 Å². The molecule has 7 heteroatoms. The first-order valence-electron chi connectivity index (χ1n) is 16.0. The summed E-state index contributed by atoms with van der Waals surface area (Å²) in [5.74, 6) is -2.01. The zero-order valence-electron chi connectivity index (χ0n) is 26.2. The first-order chi connectivity index (χ1) is 23.5. The van der Waals surface area contributed by atoms with Crippen LogP contribution in [0.4, 0.5) is 11.4 Å². The lowest BCUT2D eigenvalue weighted by molar-refractivity contribution is -0.156. The molecule has 0 aromatic heterocycles. The summed E-state index contributed by atoms with van der Waals surface area (Å²) in [5.41, 5.74) is 3.37. The maximum absolute atomic E-state index is 15.2. The molecule has 1 amide bonds. The van der Waals surface area contributed by atoms with E-state index in [1.54, 1.807) is 31.4 Å². The maximum atomic E-state index is 15.2. The summed E-state index contributed by atoms with van der Waals surface area (Å²) >= 11 is 0. The van der Waals surface area contributed by atoms with Crippen LogP contribution in [0, 0.1) is 5.92 Å². The van der Waals surface area contributed by atoms with Gasteiger partial charge >= 0.3 is 5.97 Å². The van der Waals surface area contributed by atoms with Gasteiger partial charge in [0.1, 0.15) is 23.1 Å². The fourth-order valence-corrected chi connectivity index (χ4v) is 7.81. The van der Waals surface area contributed by atoms with Crippen LogP contribution in [0.3, 0.4) is 0 Å². The van der Waals surface area contributed by atoms with Crippen molar-refractivity contribution < 1.29 is 23.9 Å². The molecule has 0 unspecified atom stereocenters. The van der Waals surface area contributed by atoms with Crippen LogP contribution in [-0.4, -0.2) is 36.9 Å². The number of hydrogen-bond donors (Lipinski definition) is 1. The molecule has 236 valence electrons. The number of carbonyl (C=O) groups is 3. The van der Waals surface area contributed by atoms with E-state index in [0.29, 0.717) is 22.6 Å². The Morgan fingerprint density at radius 3 is 2.19 bits per heavy atom. The number of Topliss-reactive ketones (excluding diaryl/α,β-unsaturated/α-hetero) is 1. The fraction of sp³-hybridized carbons (Fsp3) is 0.146. The Balaban J connectivity index is 1.36. The third-order valence-electron chi connectivity index (χ3n) is 9.86. The van der Waals surface area contributed by atoms with Gasteiger partial charge in [-0.3, -0.25) is 14.4 Å². The van der Waals surface area contributed by atoms with Crippen molar-refractivity contribution in [2.45, 2.75) is 23.6 Å². The van der Waals surface area contributed by atoms with Gasteiger partial charge in [-0.2, -0.15) is 0 Å². The molecule has 5 aromatic rings. The minimum Gasteiger partial charge on any atom is -0.497 e. The molecule has 4 atom stereocenters. The highest BCUT2D eigenvalue weighted by Crippen LogP contribution is 2.58. The number of nitrogens with one attached hydrogen (secondary N) is 1. The van der Waals surface area contributed by atoms with E-state index in [1.165, 1.54) is 0 Å². The van der Waals surface area contributed by atoms with Gasteiger partial charge in [0.2, 0.25) is 5.91 Å². The highest BCUT2D eigenvalue weighted by Gasteiger charge is 2.71. The Labute approximate surface area is 278 Å². The summed E-state index contributed by atoms with van der Waals surface area (Å²) in [7, 11) is 1.54. The zero-order chi connectivity index (χ0) is 32.8. The molecule has 0 aliphatic carbocycles. The van der Waals surface area contributed by atoms with Crippen LogP contribution in [0.5, 0.6) is 5.75 Å². The third kappa shape index (κ3) is 4.46. The average Bonchev–Trinajstić information content (AvgIpc) is 3.63. The summed E-state index contributed by atoms with van der Waals surface area (Å²) in [6.45, 7) is 0. The summed E-state index contributed by atoms with van der Waals surface area (Å²) in [6.07, 6.45) is 3.16. The number of hydrogen-bond acceptors (Lipinski definition) is 6. The second-order valence-corrected chi connectivity index (χ2v) is 12.3. The molecule has 1 N–H and O–H groups in total. The quantitative estimate of drug-likeness (QED) is 0.154. The molecule has 1 saturated heterocycles. The number of ether oxygens (including phenoxy) is 2. The molecule has 5 aromatic carbocycles. The molecule has 0 bridgehead atoms. The molecule has 0 radical (unpaired) electrons. The van der Waals surface area contributed by atoms with Gasteiger partial charge in [0.25, 0.3) is 0 Å². The minimum atomic E-state index is -1.48. The van der Waals surface area contributed by atoms with Crippen molar-refractivity contribution in [3.63, 3.8) is 0 Å². The molecule has 0 saturated carbocycles. The molecular formula is C41H32N2O5. The highest BCUT2D eigenvalue weighted by atomic mass is 16.5. The minimum absolute atomic E-state index is 0.309. The fourth-order valence-electron chi connectivity index (χ4n) is 7.81. The van der Waals surface area contributed by atoms with E-state index in [2.05, 4.69) is 5.32 Å². The molecule has 1 spiro atoms. The van der Waals surface area contributed by atoms with E-state index in [1.807, 2.05) is 126 Å². The molecule has 3 heterocycles. The Bertz CT molecular complexity index is 2040. The molecule has 7 nitrogen and oxygen atoms in total. The van der Waals surface area contributed by atoms with Gasteiger partial charge in [-0.25, -0.2) is 0 Å². The molecular weight excluding hydrogens is 600 g/mol. The molecule has 48 heavy (non-hydrogen) atoms. The van der Waals surface area contributed by atoms with Crippen molar-refractivity contribution in [2.75, 3.05) is 17.3 Å². The summed E-state index contributed by atoms with van der Waals surface area (Å²) in [4.78, 5) is 46.9. The average molecular weight is 633 g/mol. The predicted octanol–water partition coefficient (Wildman–Crippen LogP) is 7.00. The number of carbonyl (C=O) groups excluding carboxylic acids is 3. The van der Waals surface area contributed by atoms with Crippen LogP contribution < -0.4 is 15.0 Å². The second kappa shape index (κ2) is 11.7. The van der Waals surface area contributed by atoms with E-state index in [4.69, 9.17) is 9.47 Å². The van der Waals surface area contributed by atoms with Crippen molar-refractivity contribution in [3.05, 3.63) is 167 Å². The Kier molecular flexibility index (Phi) is 7.17. The van der Waals surface area contributed by atoms with Crippen LogP contribution in [-0.2, 0) is 19.7 Å².